The van der Waals surface area contributed by atoms with Crippen LogP contribution in [0.15, 0.2) is 24.3 Å². The van der Waals surface area contributed by atoms with E-state index in [0.29, 0.717) is 19.4 Å². The van der Waals surface area contributed by atoms with E-state index < -0.39 is 0 Å². The first-order chi connectivity index (χ1) is 8.17. The van der Waals surface area contributed by atoms with Crippen LogP contribution in [0.2, 0.25) is 0 Å². The van der Waals surface area contributed by atoms with E-state index in [2.05, 4.69) is 0 Å². The van der Waals surface area contributed by atoms with Gasteiger partial charge in [-0.3, -0.25) is 4.79 Å². The Morgan fingerprint density at radius 3 is 2.76 bits per heavy atom. The molecule has 0 fully saturated rings. The second-order valence-corrected chi connectivity index (χ2v) is 3.88. The number of rotatable bonds is 6. The van der Waals surface area contributed by atoms with Crippen molar-refractivity contribution in [2.45, 2.75) is 12.8 Å². The van der Waals surface area contributed by atoms with Gasteiger partial charge in [-0.05, 0) is 30.5 Å². The number of phenols is 1. The molecule has 1 aromatic rings. The Morgan fingerprint density at radius 2 is 2.18 bits per heavy atom. The Kier molecular flexibility index (Phi) is 5.49. The average Bonchev–Trinajstić information content (AvgIpc) is 2.33. The zero-order valence-electron chi connectivity index (χ0n) is 10.2. The van der Waals surface area contributed by atoms with E-state index in [1.165, 1.54) is 7.11 Å². The van der Waals surface area contributed by atoms with Crippen LogP contribution in [0.3, 0.4) is 0 Å². The van der Waals surface area contributed by atoms with E-state index in [1.807, 2.05) is 6.07 Å². The molecule has 1 rings (SSSR count). The lowest BCUT2D eigenvalue weighted by atomic mass is 9.96. The maximum atomic E-state index is 11.6. The Morgan fingerprint density at radius 1 is 1.41 bits per heavy atom. The van der Waals surface area contributed by atoms with Crippen molar-refractivity contribution >= 4 is 5.97 Å². The molecule has 0 aliphatic rings. The van der Waals surface area contributed by atoms with Gasteiger partial charge in [0.15, 0.2) is 0 Å². The highest BCUT2D eigenvalue weighted by Crippen LogP contribution is 2.18. The monoisotopic (exact) mass is 238 g/mol. The highest BCUT2D eigenvalue weighted by Gasteiger charge is 2.19. The molecule has 0 amide bonds. The van der Waals surface area contributed by atoms with Gasteiger partial charge in [0.25, 0.3) is 0 Å². The molecule has 0 heterocycles. The molecule has 0 aromatic heterocycles. The van der Waals surface area contributed by atoms with Gasteiger partial charge in [-0.2, -0.15) is 0 Å². The molecule has 1 unspecified atom stereocenters. The van der Waals surface area contributed by atoms with Crippen molar-refractivity contribution in [2.24, 2.45) is 5.92 Å². The Hall–Kier alpha value is -1.55. The summed E-state index contributed by atoms with van der Waals surface area (Å²) in [6.07, 6.45) is 1.16. The first-order valence-corrected chi connectivity index (χ1v) is 5.52. The third kappa shape index (κ3) is 4.44. The maximum absolute atomic E-state index is 11.6. The van der Waals surface area contributed by atoms with E-state index >= 15 is 0 Å². The second-order valence-electron chi connectivity index (χ2n) is 3.88. The third-order valence-corrected chi connectivity index (χ3v) is 2.60. The molecule has 4 heteroatoms. The minimum Gasteiger partial charge on any atom is -0.508 e. The van der Waals surface area contributed by atoms with Gasteiger partial charge < -0.3 is 14.6 Å². The zero-order valence-corrected chi connectivity index (χ0v) is 10.2. The highest BCUT2D eigenvalue weighted by atomic mass is 16.5. The Bertz CT molecular complexity index is 362. The second kappa shape index (κ2) is 6.91. The van der Waals surface area contributed by atoms with Crippen LogP contribution in [0, 0.1) is 5.92 Å². The quantitative estimate of drug-likeness (QED) is 0.767. The number of carbonyl (C=O) groups excluding carboxylic acids is 1. The fourth-order valence-electron chi connectivity index (χ4n) is 1.70. The van der Waals surface area contributed by atoms with E-state index in [-0.39, 0.29) is 17.6 Å². The molecule has 0 spiro atoms. The topological polar surface area (TPSA) is 55.8 Å². The van der Waals surface area contributed by atoms with Crippen molar-refractivity contribution < 1.29 is 19.4 Å². The fourth-order valence-corrected chi connectivity index (χ4v) is 1.70. The predicted octanol–water partition coefficient (Wildman–Crippen LogP) is 1.76. The van der Waals surface area contributed by atoms with Gasteiger partial charge in [-0.15, -0.1) is 0 Å². The number of phenolic OH excluding ortho intramolecular Hbond substituents is 1. The molecule has 1 aromatic carbocycles. The largest absolute Gasteiger partial charge is 0.508 e. The molecule has 17 heavy (non-hydrogen) atoms. The van der Waals surface area contributed by atoms with Gasteiger partial charge in [0.05, 0.1) is 13.0 Å². The number of aromatic hydroxyl groups is 1. The van der Waals surface area contributed by atoms with E-state index in [9.17, 15) is 9.90 Å². The molecule has 0 radical (unpaired) electrons. The number of carbonyl (C=O) groups is 1. The first kappa shape index (κ1) is 13.5. The minimum atomic E-state index is -0.245. The van der Waals surface area contributed by atoms with Crippen LogP contribution in [0.4, 0.5) is 0 Å². The van der Waals surface area contributed by atoms with E-state index in [4.69, 9.17) is 9.47 Å². The Labute approximate surface area is 101 Å². The summed E-state index contributed by atoms with van der Waals surface area (Å²) in [4.78, 5) is 11.6. The lowest BCUT2D eigenvalue weighted by Gasteiger charge is -2.14. The van der Waals surface area contributed by atoms with Crippen LogP contribution in [0.5, 0.6) is 5.75 Å². The summed E-state index contributed by atoms with van der Waals surface area (Å²) in [6.45, 7) is 0.512. The van der Waals surface area contributed by atoms with Crippen LogP contribution < -0.4 is 0 Å². The molecule has 0 saturated heterocycles. The zero-order chi connectivity index (χ0) is 12.7. The molecule has 0 aliphatic carbocycles. The lowest BCUT2D eigenvalue weighted by Crippen LogP contribution is -2.20. The van der Waals surface area contributed by atoms with Crippen LogP contribution in [-0.2, 0) is 20.7 Å². The molecule has 0 bridgehead atoms. The maximum Gasteiger partial charge on any atom is 0.309 e. The number of hydrogen-bond donors (Lipinski definition) is 1. The van der Waals surface area contributed by atoms with Gasteiger partial charge in [0.2, 0.25) is 0 Å². The number of esters is 1. The van der Waals surface area contributed by atoms with Gasteiger partial charge in [0.1, 0.15) is 5.75 Å². The van der Waals surface area contributed by atoms with E-state index in [1.54, 1.807) is 25.3 Å². The molecule has 1 N–H and O–H groups in total. The normalized spacial score (nSPS) is 12.1. The van der Waals surface area contributed by atoms with Gasteiger partial charge in [-0.25, -0.2) is 0 Å². The van der Waals surface area contributed by atoms with Crippen molar-refractivity contribution in [3.05, 3.63) is 29.8 Å². The summed E-state index contributed by atoms with van der Waals surface area (Å²) in [5, 5.41) is 9.36. The first-order valence-electron chi connectivity index (χ1n) is 5.52. The summed E-state index contributed by atoms with van der Waals surface area (Å²) in [5.41, 5.74) is 0.913. The van der Waals surface area contributed by atoms with E-state index in [0.717, 1.165) is 5.56 Å². The van der Waals surface area contributed by atoms with Gasteiger partial charge >= 0.3 is 5.97 Å². The van der Waals surface area contributed by atoms with Gasteiger partial charge in [0, 0.05) is 13.7 Å². The number of hydrogen-bond acceptors (Lipinski definition) is 4. The summed E-state index contributed by atoms with van der Waals surface area (Å²) in [6, 6.07) is 6.90. The molecule has 0 saturated carbocycles. The summed E-state index contributed by atoms with van der Waals surface area (Å²) in [7, 11) is 2.98. The molecular formula is C13H18O4. The van der Waals surface area contributed by atoms with Crippen LogP contribution in [-0.4, -0.2) is 31.9 Å². The van der Waals surface area contributed by atoms with Crippen LogP contribution >= 0.6 is 0 Å². The lowest BCUT2D eigenvalue weighted by molar-refractivity contribution is -0.146. The molecule has 0 aliphatic heterocycles. The predicted molar refractivity (Wildman–Crippen MR) is 63.8 cm³/mol. The van der Waals surface area contributed by atoms with Gasteiger partial charge in [-0.1, -0.05) is 12.1 Å². The number of methoxy groups -OCH3 is 2. The summed E-state index contributed by atoms with van der Waals surface area (Å²) in [5.74, 6) is -0.273. The van der Waals surface area contributed by atoms with Crippen molar-refractivity contribution in [1.82, 2.24) is 0 Å². The Balaban J connectivity index is 2.68. The van der Waals surface area contributed by atoms with Crippen molar-refractivity contribution in [3.8, 4) is 5.75 Å². The van der Waals surface area contributed by atoms with Crippen LogP contribution in [0.25, 0.3) is 0 Å². The van der Waals surface area contributed by atoms with Crippen LogP contribution in [0.1, 0.15) is 12.0 Å². The average molecular weight is 238 g/mol. The van der Waals surface area contributed by atoms with Crippen molar-refractivity contribution in [1.29, 1.82) is 0 Å². The number of benzene rings is 1. The highest BCUT2D eigenvalue weighted by molar-refractivity contribution is 5.72. The SMILES string of the molecule is COCCC(Cc1cccc(O)c1)C(=O)OC. The van der Waals surface area contributed by atoms with Crippen molar-refractivity contribution in [2.75, 3.05) is 20.8 Å². The molecule has 4 nitrogen and oxygen atoms in total. The summed E-state index contributed by atoms with van der Waals surface area (Å²) < 4.78 is 9.73. The smallest absolute Gasteiger partial charge is 0.309 e. The fraction of sp³-hybridized carbons (Fsp3) is 0.462. The number of ether oxygens (including phenoxy) is 2. The third-order valence-electron chi connectivity index (χ3n) is 2.60. The molecule has 94 valence electrons. The van der Waals surface area contributed by atoms with Crippen molar-refractivity contribution in [3.63, 3.8) is 0 Å². The minimum absolute atomic E-state index is 0.206. The molecule has 1 atom stereocenters. The summed E-state index contributed by atoms with van der Waals surface area (Å²) >= 11 is 0. The molecular weight excluding hydrogens is 220 g/mol. The standard InChI is InChI=1S/C13H18O4/c1-16-7-6-11(13(15)17-2)8-10-4-3-5-12(14)9-10/h3-5,9,11,14H,6-8H2,1-2H3.